The van der Waals surface area contributed by atoms with Gasteiger partial charge in [0.05, 0.1) is 12.3 Å². The topological polar surface area (TPSA) is 82.8 Å². The summed E-state index contributed by atoms with van der Waals surface area (Å²) in [4.78, 5) is 3.51. The fraction of sp³-hybridized carbons (Fsp3) is 0.250. The van der Waals surface area contributed by atoms with Crippen molar-refractivity contribution < 1.29 is 12.8 Å². The first kappa shape index (κ1) is 11.4. The molecule has 0 aliphatic heterocycles. The highest BCUT2D eigenvalue weighted by Crippen LogP contribution is 2.08. The predicted molar refractivity (Wildman–Crippen MR) is 51.8 cm³/mol. The van der Waals surface area contributed by atoms with Crippen LogP contribution in [0.25, 0.3) is 0 Å². The summed E-state index contributed by atoms with van der Waals surface area (Å²) >= 11 is 0. The van der Waals surface area contributed by atoms with Crippen LogP contribution < -0.4 is 4.72 Å². The zero-order valence-electron chi connectivity index (χ0n) is 7.81. The van der Waals surface area contributed by atoms with Crippen molar-refractivity contribution in [1.82, 2.24) is 4.98 Å². The zero-order valence-corrected chi connectivity index (χ0v) is 8.62. The van der Waals surface area contributed by atoms with Crippen molar-refractivity contribution in [3.8, 4) is 6.07 Å². The number of nitrogens with zero attached hydrogens (tertiary/aromatic N) is 2. The molecule has 0 aliphatic carbocycles. The van der Waals surface area contributed by atoms with Crippen LogP contribution in [0.3, 0.4) is 0 Å². The summed E-state index contributed by atoms with van der Waals surface area (Å²) in [5.41, 5.74) is 0. The molecule has 0 fully saturated rings. The molecule has 0 bridgehead atoms. The van der Waals surface area contributed by atoms with Crippen LogP contribution in [0.4, 0.5) is 10.2 Å². The van der Waals surface area contributed by atoms with E-state index in [4.69, 9.17) is 5.26 Å². The maximum absolute atomic E-state index is 12.5. The number of halogens is 1. The number of aromatic nitrogens is 1. The van der Waals surface area contributed by atoms with E-state index in [2.05, 4.69) is 9.71 Å². The molecule has 0 amide bonds. The molecular weight excluding hydrogens is 221 g/mol. The molecule has 1 atom stereocenters. The predicted octanol–water partition coefficient (Wildman–Crippen LogP) is 0.874. The Morgan fingerprint density at radius 2 is 2.27 bits per heavy atom. The first-order valence-corrected chi connectivity index (χ1v) is 5.53. The normalized spacial score (nSPS) is 12.9. The molecule has 80 valence electrons. The fourth-order valence-electron chi connectivity index (χ4n) is 0.740. The highest BCUT2D eigenvalue weighted by Gasteiger charge is 2.20. The Hall–Kier alpha value is -1.68. The molecule has 1 aromatic rings. The number of rotatable bonds is 3. The fourth-order valence-corrected chi connectivity index (χ4v) is 1.47. The van der Waals surface area contributed by atoms with Gasteiger partial charge in [-0.1, -0.05) is 0 Å². The monoisotopic (exact) mass is 229 g/mol. The SMILES string of the molecule is CC(C#N)S(=O)(=O)Nc1ccc(F)cn1. The molecule has 0 radical (unpaired) electrons. The Labute approximate surface area is 86.6 Å². The van der Waals surface area contributed by atoms with E-state index in [0.29, 0.717) is 0 Å². The standard InChI is InChI=1S/C8H8FN3O2S/c1-6(4-10)15(13,14)12-8-3-2-7(9)5-11-8/h2-3,5-6H,1H3,(H,11,12). The van der Waals surface area contributed by atoms with Crippen LogP contribution in [-0.4, -0.2) is 18.7 Å². The average Bonchev–Trinajstić information content (AvgIpc) is 2.20. The Kier molecular flexibility index (Phi) is 3.21. The van der Waals surface area contributed by atoms with Crippen LogP contribution in [0.5, 0.6) is 0 Å². The minimum absolute atomic E-state index is 0.0153. The van der Waals surface area contributed by atoms with Crippen molar-refractivity contribution in [2.24, 2.45) is 0 Å². The van der Waals surface area contributed by atoms with Gasteiger partial charge >= 0.3 is 0 Å². The Bertz CT molecular complexity index is 478. The lowest BCUT2D eigenvalue weighted by molar-refractivity contribution is 0.596. The quantitative estimate of drug-likeness (QED) is 0.833. The molecule has 0 saturated carbocycles. The number of hydrogen-bond acceptors (Lipinski definition) is 4. The van der Waals surface area contributed by atoms with Crippen LogP contribution >= 0.6 is 0 Å². The second kappa shape index (κ2) is 4.23. The molecule has 1 unspecified atom stereocenters. The van der Waals surface area contributed by atoms with E-state index in [1.165, 1.54) is 13.0 Å². The lowest BCUT2D eigenvalue weighted by Gasteiger charge is -2.07. The molecule has 1 rings (SSSR count). The molecule has 1 aromatic heterocycles. The van der Waals surface area contributed by atoms with E-state index in [1.807, 2.05) is 0 Å². The van der Waals surface area contributed by atoms with Gasteiger partial charge in [0, 0.05) is 0 Å². The molecule has 0 saturated heterocycles. The lowest BCUT2D eigenvalue weighted by atomic mass is 10.5. The zero-order chi connectivity index (χ0) is 11.5. The van der Waals surface area contributed by atoms with Gasteiger partial charge in [-0.15, -0.1) is 0 Å². The molecule has 0 aromatic carbocycles. The maximum atomic E-state index is 12.5. The summed E-state index contributed by atoms with van der Waals surface area (Å²) in [6.07, 6.45) is 0.884. The first-order valence-electron chi connectivity index (χ1n) is 3.98. The second-order valence-electron chi connectivity index (χ2n) is 2.78. The molecule has 0 spiro atoms. The van der Waals surface area contributed by atoms with Gasteiger partial charge in [0.25, 0.3) is 0 Å². The summed E-state index contributed by atoms with van der Waals surface area (Å²) in [6.45, 7) is 1.24. The van der Waals surface area contributed by atoms with Crippen molar-refractivity contribution in [2.45, 2.75) is 12.2 Å². The summed E-state index contributed by atoms with van der Waals surface area (Å²) in [5, 5.41) is 7.25. The van der Waals surface area contributed by atoms with Crippen molar-refractivity contribution in [1.29, 1.82) is 5.26 Å². The van der Waals surface area contributed by atoms with Gasteiger partial charge < -0.3 is 0 Å². The van der Waals surface area contributed by atoms with Crippen LogP contribution in [-0.2, 0) is 10.0 Å². The lowest BCUT2D eigenvalue weighted by Crippen LogP contribution is -2.24. The van der Waals surface area contributed by atoms with Crippen LogP contribution in [0.15, 0.2) is 18.3 Å². The highest BCUT2D eigenvalue weighted by molar-refractivity contribution is 7.93. The van der Waals surface area contributed by atoms with Gasteiger partial charge in [-0.3, -0.25) is 4.72 Å². The molecule has 15 heavy (non-hydrogen) atoms. The van der Waals surface area contributed by atoms with E-state index >= 15 is 0 Å². The van der Waals surface area contributed by atoms with Crippen molar-refractivity contribution in [3.05, 3.63) is 24.1 Å². The molecule has 1 heterocycles. The Morgan fingerprint density at radius 1 is 1.60 bits per heavy atom. The van der Waals surface area contributed by atoms with Gasteiger partial charge in [-0.2, -0.15) is 5.26 Å². The summed E-state index contributed by atoms with van der Waals surface area (Å²) in [5.74, 6) is -0.579. The van der Waals surface area contributed by atoms with Crippen LogP contribution in [0.2, 0.25) is 0 Å². The van der Waals surface area contributed by atoms with E-state index in [1.54, 1.807) is 6.07 Å². The van der Waals surface area contributed by atoms with E-state index in [0.717, 1.165) is 12.3 Å². The largest absolute Gasteiger partial charge is 0.266 e. The van der Waals surface area contributed by atoms with E-state index in [-0.39, 0.29) is 5.82 Å². The van der Waals surface area contributed by atoms with Gasteiger partial charge in [0.2, 0.25) is 10.0 Å². The third-order valence-corrected chi connectivity index (χ3v) is 3.15. The Balaban J connectivity index is 2.88. The van der Waals surface area contributed by atoms with Crippen molar-refractivity contribution in [2.75, 3.05) is 4.72 Å². The number of sulfonamides is 1. The molecular formula is C8H8FN3O2S. The number of nitrogens with one attached hydrogen (secondary N) is 1. The van der Waals surface area contributed by atoms with Gasteiger partial charge in [-0.05, 0) is 19.1 Å². The average molecular weight is 229 g/mol. The van der Waals surface area contributed by atoms with E-state index < -0.39 is 21.1 Å². The second-order valence-corrected chi connectivity index (χ2v) is 4.78. The number of hydrogen-bond donors (Lipinski definition) is 1. The van der Waals surface area contributed by atoms with Crippen LogP contribution in [0.1, 0.15) is 6.92 Å². The van der Waals surface area contributed by atoms with Gasteiger partial charge in [0.1, 0.15) is 11.6 Å². The number of pyridine rings is 1. The highest BCUT2D eigenvalue weighted by atomic mass is 32.2. The molecule has 1 N–H and O–H groups in total. The van der Waals surface area contributed by atoms with Gasteiger partial charge in [0.15, 0.2) is 5.25 Å². The third kappa shape index (κ3) is 2.89. The van der Waals surface area contributed by atoms with Crippen LogP contribution in [0, 0.1) is 17.1 Å². The summed E-state index contributed by atoms with van der Waals surface area (Å²) in [7, 11) is -3.77. The first-order chi connectivity index (χ1) is 6.95. The molecule has 7 heteroatoms. The van der Waals surface area contributed by atoms with Gasteiger partial charge in [-0.25, -0.2) is 17.8 Å². The van der Waals surface area contributed by atoms with Crippen molar-refractivity contribution >= 4 is 15.8 Å². The smallest absolute Gasteiger partial charge is 0.250 e. The van der Waals surface area contributed by atoms with Crippen molar-refractivity contribution in [3.63, 3.8) is 0 Å². The third-order valence-electron chi connectivity index (χ3n) is 1.62. The molecule has 5 nitrogen and oxygen atoms in total. The van der Waals surface area contributed by atoms with E-state index in [9.17, 15) is 12.8 Å². The minimum Gasteiger partial charge on any atom is -0.266 e. The summed E-state index contributed by atoms with van der Waals surface area (Å²) in [6, 6.07) is 3.83. The Morgan fingerprint density at radius 3 is 2.73 bits per heavy atom. The maximum Gasteiger partial charge on any atom is 0.250 e. The number of anilines is 1. The summed E-state index contributed by atoms with van der Waals surface area (Å²) < 4.78 is 37.2. The number of nitriles is 1. The minimum atomic E-state index is -3.77. The molecule has 0 aliphatic rings.